The van der Waals surface area contributed by atoms with Gasteiger partial charge < -0.3 is 9.64 Å². The molecule has 36 heavy (non-hydrogen) atoms. The first-order valence-corrected chi connectivity index (χ1v) is 13.1. The van der Waals surface area contributed by atoms with E-state index < -0.39 is 5.82 Å². The number of aryl methyl sites for hydroxylation is 1. The minimum atomic E-state index is -0.391. The van der Waals surface area contributed by atoms with E-state index in [4.69, 9.17) is 4.74 Å². The third-order valence-corrected chi connectivity index (χ3v) is 7.47. The summed E-state index contributed by atoms with van der Waals surface area (Å²) in [5, 5.41) is 4.63. The van der Waals surface area contributed by atoms with Gasteiger partial charge in [-0.1, -0.05) is 25.8 Å². The number of likely N-dealkylation sites (tertiary alicyclic amines) is 1. The second-order valence-electron chi connectivity index (χ2n) is 9.92. The number of esters is 1. The zero-order valence-corrected chi connectivity index (χ0v) is 21.2. The van der Waals surface area contributed by atoms with Crippen molar-refractivity contribution in [3.05, 3.63) is 53.1 Å². The van der Waals surface area contributed by atoms with E-state index in [-0.39, 0.29) is 29.8 Å². The zero-order valence-electron chi connectivity index (χ0n) is 21.2. The summed E-state index contributed by atoms with van der Waals surface area (Å²) in [7, 11) is 0. The Morgan fingerprint density at radius 2 is 1.97 bits per heavy atom. The lowest BCUT2D eigenvalue weighted by atomic mass is 10.0. The minimum absolute atomic E-state index is 0.00280. The van der Waals surface area contributed by atoms with Gasteiger partial charge >= 0.3 is 5.97 Å². The smallest absolute Gasteiger partial charge is 0.309 e. The number of hydrogen-bond donors (Lipinski definition) is 0. The maximum Gasteiger partial charge on any atom is 0.309 e. The van der Waals surface area contributed by atoms with Gasteiger partial charge in [-0.2, -0.15) is 5.10 Å². The van der Waals surface area contributed by atoms with Crippen molar-refractivity contribution in [2.45, 2.75) is 71.3 Å². The van der Waals surface area contributed by atoms with Crippen LogP contribution in [0, 0.1) is 11.7 Å². The van der Waals surface area contributed by atoms with Crippen molar-refractivity contribution in [1.29, 1.82) is 0 Å². The van der Waals surface area contributed by atoms with Crippen LogP contribution in [-0.4, -0.2) is 50.6 Å². The molecule has 1 amide bonds. The molecule has 1 saturated carbocycles. The molecule has 5 rings (SSSR count). The molecule has 2 fully saturated rings. The van der Waals surface area contributed by atoms with E-state index in [1.807, 2.05) is 24.0 Å². The van der Waals surface area contributed by atoms with Crippen LogP contribution in [0.3, 0.4) is 0 Å². The van der Waals surface area contributed by atoms with E-state index in [2.05, 4.69) is 17.0 Å². The van der Waals surface area contributed by atoms with Gasteiger partial charge in [0.05, 0.1) is 18.2 Å². The molecule has 0 N–H and O–H groups in total. The Balaban J connectivity index is 1.43. The van der Waals surface area contributed by atoms with Crippen LogP contribution in [-0.2, 0) is 16.0 Å². The van der Waals surface area contributed by atoms with Gasteiger partial charge in [0.15, 0.2) is 5.65 Å². The number of carbonyl (C=O) groups excluding carboxylic acids is 2. The molecule has 3 aromatic rings. The number of hydrogen-bond acceptors (Lipinski definition) is 5. The van der Waals surface area contributed by atoms with Crippen molar-refractivity contribution in [1.82, 2.24) is 19.5 Å². The molecule has 190 valence electrons. The molecular weight excluding hydrogens is 459 g/mol. The molecular formula is C28H33FN4O3. The Morgan fingerprint density at radius 3 is 2.72 bits per heavy atom. The highest BCUT2D eigenvalue weighted by molar-refractivity contribution is 5.93. The third-order valence-electron chi connectivity index (χ3n) is 7.47. The van der Waals surface area contributed by atoms with Crippen molar-refractivity contribution >= 4 is 17.5 Å². The highest BCUT2D eigenvalue weighted by Gasteiger charge is 2.45. The number of halogens is 1. The fraction of sp³-hybridized carbons (Fsp3) is 0.500. The molecule has 1 aliphatic carbocycles. The molecule has 0 spiro atoms. The van der Waals surface area contributed by atoms with Crippen LogP contribution in [0.1, 0.15) is 80.5 Å². The summed E-state index contributed by atoms with van der Waals surface area (Å²) in [5.74, 6) is -0.856. The number of aromatic nitrogens is 3. The van der Waals surface area contributed by atoms with E-state index in [9.17, 15) is 9.59 Å². The number of nitrogens with zero attached hydrogens (tertiary/aromatic N) is 4. The first kappa shape index (κ1) is 24.4. The molecule has 7 nitrogen and oxygen atoms in total. The molecule has 8 heteroatoms. The molecule has 1 aliphatic heterocycles. The Labute approximate surface area is 210 Å². The van der Waals surface area contributed by atoms with Crippen LogP contribution >= 0.6 is 0 Å². The summed E-state index contributed by atoms with van der Waals surface area (Å²) in [6.45, 7) is 6.98. The lowest BCUT2D eigenvalue weighted by molar-refractivity contribution is -0.144. The van der Waals surface area contributed by atoms with E-state index in [0.717, 1.165) is 43.5 Å². The number of benzene rings is 1. The van der Waals surface area contributed by atoms with E-state index in [0.29, 0.717) is 42.0 Å². The average molecular weight is 493 g/mol. The number of ether oxygens (including phenoxy) is 1. The highest BCUT2D eigenvalue weighted by atomic mass is 19.1. The summed E-state index contributed by atoms with van der Waals surface area (Å²) in [6.07, 6.45) is 5.63. The fourth-order valence-corrected chi connectivity index (χ4v) is 5.30. The van der Waals surface area contributed by atoms with Crippen molar-refractivity contribution < 1.29 is 18.7 Å². The monoisotopic (exact) mass is 492 g/mol. The summed E-state index contributed by atoms with van der Waals surface area (Å²) >= 11 is 0. The standard InChI is InChI=1S/C28H33FN4O3/c1-4-19-14-25(27(34)32-12-8-6-7-9-17(32)3)30-26-16-24(31-33(19)26)20-11-10-18(13-23(20)29)21-15-22(21)28(35)36-5-2/h10-11,13-14,16-17,21-22H,4-9,12,15H2,1-3H3/t17?,21?,22-/m0/s1. The Morgan fingerprint density at radius 1 is 1.14 bits per heavy atom. The highest BCUT2D eigenvalue weighted by Crippen LogP contribution is 2.48. The van der Waals surface area contributed by atoms with Crippen molar-refractivity contribution in [3.8, 4) is 11.3 Å². The van der Waals surface area contributed by atoms with Gasteiger partial charge in [0.1, 0.15) is 11.5 Å². The molecule has 2 aromatic heterocycles. The fourth-order valence-electron chi connectivity index (χ4n) is 5.30. The quantitative estimate of drug-likeness (QED) is 0.444. The second-order valence-corrected chi connectivity index (χ2v) is 9.92. The summed E-state index contributed by atoms with van der Waals surface area (Å²) in [6, 6.07) is 8.79. The van der Waals surface area contributed by atoms with Crippen molar-refractivity contribution in [2.75, 3.05) is 13.2 Å². The van der Waals surface area contributed by atoms with Gasteiger partial charge in [-0.15, -0.1) is 0 Å². The Kier molecular flexibility index (Phi) is 6.77. The normalized spacial score (nSPS) is 21.9. The average Bonchev–Trinajstić information content (AvgIpc) is 3.61. The number of fused-ring (bicyclic) bond motifs is 1. The molecule has 3 atom stereocenters. The van der Waals surface area contributed by atoms with Gasteiger partial charge in [0.2, 0.25) is 0 Å². The SMILES string of the molecule is CCOC(=O)[C@H]1CC1c1ccc(-c2cc3nc(C(=O)N4CCCCCC4C)cc(CC)n3n2)c(F)c1. The topological polar surface area (TPSA) is 76.8 Å². The molecule has 3 heterocycles. The van der Waals surface area contributed by atoms with Crippen molar-refractivity contribution in [3.63, 3.8) is 0 Å². The summed E-state index contributed by atoms with van der Waals surface area (Å²) < 4.78 is 22.0. The van der Waals surface area contributed by atoms with Gasteiger partial charge in [-0.05, 0) is 69.2 Å². The number of carbonyl (C=O) groups is 2. The van der Waals surface area contributed by atoms with Crippen LogP contribution in [0.15, 0.2) is 30.3 Å². The zero-order chi connectivity index (χ0) is 25.4. The van der Waals surface area contributed by atoms with E-state index >= 15 is 4.39 Å². The molecule has 0 bridgehead atoms. The molecule has 1 saturated heterocycles. The number of rotatable bonds is 6. The predicted octanol–water partition coefficient (Wildman–Crippen LogP) is 5.17. The van der Waals surface area contributed by atoms with Gasteiger partial charge in [-0.3, -0.25) is 9.59 Å². The maximum absolute atomic E-state index is 15.2. The molecule has 0 radical (unpaired) electrons. The van der Waals surface area contributed by atoms with Crippen LogP contribution in [0.4, 0.5) is 4.39 Å². The van der Waals surface area contributed by atoms with Crippen LogP contribution in [0.5, 0.6) is 0 Å². The van der Waals surface area contributed by atoms with Crippen LogP contribution in [0.2, 0.25) is 0 Å². The minimum Gasteiger partial charge on any atom is -0.466 e. The first-order chi connectivity index (χ1) is 17.4. The Bertz CT molecular complexity index is 1300. The maximum atomic E-state index is 15.2. The Hall–Kier alpha value is -3.29. The summed E-state index contributed by atoms with van der Waals surface area (Å²) in [4.78, 5) is 31.9. The van der Waals surface area contributed by atoms with Gasteiger partial charge in [0, 0.05) is 29.9 Å². The predicted molar refractivity (Wildman–Crippen MR) is 134 cm³/mol. The second kappa shape index (κ2) is 9.99. The lowest BCUT2D eigenvalue weighted by Gasteiger charge is -2.27. The lowest BCUT2D eigenvalue weighted by Crippen LogP contribution is -2.38. The number of amides is 1. The van der Waals surface area contributed by atoms with Crippen molar-refractivity contribution in [2.24, 2.45) is 5.92 Å². The van der Waals surface area contributed by atoms with E-state index in [1.54, 1.807) is 23.6 Å². The molecule has 2 unspecified atom stereocenters. The van der Waals surface area contributed by atoms with Gasteiger partial charge in [0.25, 0.3) is 5.91 Å². The van der Waals surface area contributed by atoms with Crippen LogP contribution in [0.25, 0.3) is 16.9 Å². The first-order valence-electron chi connectivity index (χ1n) is 13.1. The molecule has 1 aromatic carbocycles. The van der Waals surface area contributed by atoms with E-state index in [1.165, 1.54) is 6.07 Å². The van der Waals surface area contributed by atoms with Crippen LogP contribution < -0.4 is 0 Å². The molecule has 2 aliphatic rings. The summed E-state index contributed by atoms with van der Waals surface area (Å²) in [5.41, 5.74) is 3.42. The largest absolute Gasteiger partial charge is 0.466 e. The third kappa shape index (κ3) is 4.61. The van der Waals surface area contributed by atoms with Gasteiger partial charge in [-0.25, -0.2) is 13.9 Å².